The van der Waals surface area contributed by atoms with Crippen LogP contribution in [0.3, 0.4) is 0 Å². The summed E-state index contributed by atoms with van der Waals surface area (Å²) in [6.45, 7) is 21.3. The van der Waals surface area contributed by atoms with Crippen LogP contribution in [0.1, 0.15) is 81.6 Å². The van der Waals surface area contributed by atoms with Crippen LogP contribution in [0, 0.1) is 35.5 Å². The van der Waals surface area contributed by atoms with Gasteiger partial charge >= 0.3 is 0 Å². The monoisotopic (exact) mass is 280 g/mol. The van der Waals surface area contributed by atoms with Gasteiger partial charge in [0, 0.05) is 0 Å². The van der Waals surface area contributed by atoms with E-state index < -0.39 is 0 Å². The van der Waals surface area contributed by atoms with Crippen molar-refractivity contribution in [2.24, 2.45) is 35.5 Å². The summed E-state index contributed by atoms with van der Waals surface area (Å²) in [5, 5.41) is 0. The van der Waals surface area contributed by atoms with Gasteiger partial charge < -0.3 is 0 Å². The summed E-state index contributed by atoms with van der Waals surface area (Å²) in [6.07, 6.45) is 6.50. The van der Waals surface area contributed by atoms with Crippen LogP contribution in [0.4, 0.5) is 0 Å². The molecule has 0 N–H and O–H groups in total. The maximum atomic E-state index is 2.43. The molecule has 0 aromatic rings. The molecule has 0 spiro atoms. The molecule has 0 saturated carbocycles. The van der Waals surface area contributed by atoms with Crippen LogP contribution in [-0.4, -0.2) is 0 Å². The Morgan fingerprint density at radius 3 is 1.75 bits per heavy atom. The average molecular weight is 281 g/mol. The van der Waals surface area contributed by atoms with Gasteiger partial charge in [-0.1, -0.05) is 79.9 Å². The summed E-state index contributed by atoms with van der Waals surface area (Å²) in [4.78, 5) is 0. The van der Waals surface area contributed by atoms with E-state index in [1.54, 1.807) is 5.57 Å². The molecule has 0 aliphatic heterocycles. The van der Waals surface area contributed by atoms with E-state index in [0.29, 0.717) is 0 Å². The highest BCUT2D eigenvalue weighted by Crippen LogP contribution is 2.33. The fourth-order valence-corrected chi connectivity index (χ4v) is 3.12. The van der Waals surface area contributed by atoms with E-state index in [4.69, 9.17) is 0 Å². The Bertz CT molecular complexity index is 272. The summed E-state index contributed by atoms with van der Waals surface area (Å²) in [7, 11) is 0. The third kappa shape index (κ3) is 6.46. The predicted molar refractivity (Wildman–Crippen MR) is 93.9 cm³/mol. The van der Waals surface area contributed by atoms with Gasteiger partial charge in [-0.3, -0.25) is 0 Å². The van der Waals surface area contributed by atoms with Crippen LogP contribution in [0.25, 0.3) is 0 Å². The van der Waals surface area contributed by atoms with Crippen molar-refractivity contribution in [3.05, 3.63) is 11.6 Å². The van der Waals surface area contributed by atoms with E-state index in [1.807, 2.05) is 0 Å². The maximum absolute atomic E-state index is 2.43. The van der Waals surface area contributed by atoms with Crippen molar-refractivity contribution < 1.29 is 0 Å². The van der Waals surface area contributed by atoms with Gasteiger partial charge in [-0.05, 0) is 48.9 Å². The quantitative estimate of drug-likeness (QED) is 0.400. The van der Waals surface area contributed by atoms with Gasteiger partial charge in [-0.25, -0.2) is 0 Å². The highest BCUT2D eigenvalue weighted by Gasteiger charge is 2.22. The van der Waals surface area contributed by atoms with Crippen LogP contribution < -0.4 is 0 Å². The van der Waals surface area contributed by atoms with Crippen LogP contribution in [0.2, 0.25) is 0 Å². The van der Waals surface area contributed by atoms with Crippen LogP contribution in [-0.2, 0) is 0 Å². The number of allylic oxidation sites excluding steroid dienone is 2. The fourth-order valence-electron chi connectivity index (χ4n) is 3.12. The van der Waals surface area contributed by atoms with Gasteiger partial charge in [0.1, 0.15) is 0 Å². The highest BCUT2D eigenvalue weighted by atomic mass is 14.3. The molecule has 0 radical (unpaired) electrons. The first kappa shape index (κ1) is 19.7. The van der Waals surface area contributed by atoms with Gasteiger partial charge in [-0.15, -0.1) is 0 Å². The minimum Gasteiger partial charge on any atom is -0.0879 e. The molecule has 4 unspecified atom stereocenters. The van der Waals surface area contributed by atoms with Gasteiger partial charge in [0.25, 0.3) is 0 Å². The molecular weight excluding hydrogens is 240 g/mol. The topological polar surface area (TPSA) is 0 Å². The van der Waals surface area contributed by atoms with Crippen LogP contribution >= 0.6 is 0 Å². The molecule has 0 aliphatic rings. The molecule has 0 bridgehead atoms. The molecule has 0 rings (SSSR count). The summed E-state index contributed by atoms with van der Waals surface area (Å²) in [6, 6.07) is 0. The summed E-state index contributed by atoms with van der Waals surface area (Å²) in [5.41, 5.74) is 1.68. The molecule has 0 nitrogen and oxygen atoms in total. The normalized spacial score (nSPS) is 19.2. The van der Waals surface area contributed by atoms with Gasteiger partial charge in [-0.2, -0.15) is 0 Å². The minimum absolute atomic E-state index is 0.720. The smallest absolute Gasteiger partial charge is 0.0201 e. The Morgan fingerprint density at radius 2 is 1.35 bits per heavy atom. The van der Waals surface area contributed by atoms with Crippen LogP contribution in [0.5, 0.6) is 0 Å². The zero-order valence-electron chi connectivity index (χ0n) is 15.7. The maximum Gasteiger partial charge on any atom is -0.0201 e. The highest BCUT2D eigenvalue weighted by molar-refractivity contribution is 5.09. The van der Waals surface area contributed by atoms with Crippen molar-refractivity contribution in [3.63, 3.8) is 0 Å². The van der Waals surface area contributed by atoms with Crippen molar-refractivity contribution in [2.75, 3.05) is 0 Å². The standard InChI is InChI=1S/C20H40/c1-10-20(19(9)18(8)15(4)5)17(7)13-11-12-16(6)14(2)3/h10,14-19H,11-13H2,1-9H3. The van der Waals surface area contributed by atoms with Crippen molar-refractivity contribution in [3.8, 4) is 0 Å². The minimum atomic E-state index is 0.720. The predicted octanol–water partition coefficient (Wildman–Crippen LogP) is 6.96. The Kier molecular flexibility index (Phi) is 9.51. The Hall–Kier alpha value is -0.260. The van der Waals surface area contributed by atoms with Gasteiger partial charge in [0.2, 0.25) is 0 Å². The molecule has 0 heteroatoms. The molecule has 0 aromatic heterocycles. The van der Waals surface area contributed by atoms with E-state index in [2.05, 4.69) is 68.4 Å². The Morgan fingerprint density at radius 1 is 0.800 bits per heavy atom. The first-order chi connectivity index (χ1) is 9.22. The van der Waals surface area contributed by atoms with E-state index in [9.17, 15) is 0 Å². The van der Waals surface area contributed by atoms with E-state index in [0.717, 1.165) is 35.5 Å². The number of hydrogen-bond donors (Lipinski definition) is 0. The van der Waals surface area contributed by atoms with Gasteiger partial charge in [0.15, 0.2) is 0 Å². The molecule has 20 heavy (non-hydrogen) atoms. The third-order valence-corrected chi connectivity index (χ3v) is 5.70. The lowest BCUT2D eigenvalue weighted by atomic mass is 9.76. The molecule has 120 valence electrons. The Balaban J connectivity index is 4.39. The molecular formula is C20H40. The van der Waals surface area contributed by atoms with Crippen LogP contribution in [0.15, 0.2) is 11.6 Å². The molecule has 0 aliphatic carbocycles. The molecule has 0 amide bonds. The summed E-state index contributed by atoms with van der Waals surface area (Å²) in [5.74, 6) is 4.70. The van der Waals surface area contributed by atoms with Crippen molar-refractivity contribution in [2.45, 2.75) is 81.6 Å². The SMILES string of the molecule is CC=C(C(C)CCCC(C)C(C)C)C(C)C(C)C(C)C. The fraction of sp³-hybridized carbons (Fsp3) is 0.900. The summed E-state index contributed by atoms with van der Waals surface area (Å²) >= 11 is 0. The van der Waals surface area contributed by atoms with Gasteiger partial charge in [0.05, 0.1) is 0 Å². The van der Waals surface area contributed by atoms with Crippen molar-refractivity contribution in [1.82, 2.24) is 0 Å². The first-order valence-corrected chi connectivity index (χ1v) is 8.88. The zero-order chi connectivity index (χ0) is 15.9. The molecule has 0 heterocycles. The molecule has 0 saturated heterocycles. The zero-order valence-corrected chi connectivity index (χ0v) is 15.7. The second kappa shape index (κ2) is 9.64. The lowest BCUT2D eigenvalue weighted by Crippen LogP contribution is -2.20. The number of hydrogen-bond acceptors (Lipinski definition) is 0. The van der Waals surface area contributed by atoms with E-state index in [1.165, 1.54) is 19.3 Å². The van der Waals surface area contributed by atoms with Crippen molar-refractivity contribution in [1.29, 1.82) is 0 Å². The lowest BCUT2D eigenvalue weighted by molar-refractivity contribution is 0.305. The van der Waals surface area contributed by atoms with E-state index in [-0.39, 0.29) is 0 Å². The summed E-state index contributed by atoms with van der Waals surface area (Å²) < 4.78 is 0. The Labute approximate surface area is 129 Å². The molecule has 4 atom stereocenters. The second-order valence-corrected chi connectivity index (χ2v) is 7.73. The molecule has 0 aromatic carbocycles. The third-order valence-electron chi connectivity index (χ3n) is 5.70. The van der Waals surface area contributed by atoms with Crippen molar-refractivity contribution >= 4 is 0 Å². The second-order valence-electron chi connectivity index (χ2n) is 7.73. The largest absolute Gasteiger partial charge is 0.0879 e. The molecule has 0 fully saturated rings. The number of rotatable bonds is 9. The average Bonchev–Trinajstić information content (AvgIpc) is 2.37. The van der Waals surface area contributed by atoms with E-state index >= 15 is 0 Å². The lowest BCUT2D eigenvalue weighted by Gasteiger charge is -2.30. The first-order valence-electron chi connectivity index (χ1n) is 8.88.